The van der Waals surface area contributed by atoms with E-state index >= 15 is 0 Å². The third-order valence-electron chi connectivity index (χ3n) is 1.61. The van der Waals surface area contributed by atoms with Crippen molar-refractivity contribution >= 4 is 5.96 Å². The van der Waals surface area contributed by atoms with Gasteiger partial charge in [-0.25, -0.2) is 0 Å². The van der Waals surface area contributed by atoms with Crippen molar-refractivity contribution < 1.29 is 5.11 Å². The zero-order valence-corrected chi connectivity index (χ0v) is 7.50. The lowest BCUT2D eigenvalue weighted by atomic mass is 10.1. The minimum Gasteiger partial charge on any atom is -0.396 e. The lowest BCUT2D eigenvalue weighted by Crippen LogP contribution is -2.22. The van der Waals surface area contributed by atoms with E-state index in [1.54, 1.807) is 0 Å². The Hall–Kier alpha value is -0.770. The van der Waals surface area contributed by atoms with Crippen molar-refractivity contribution in [2.45, 2.75) is 32.1 Å². The first kappa shape index (κ1) is 11.2. The van der Waals surface area contributed by atoms with Crippen LogP contribution in [0.15, 0.2) is 4.99 Å². The molecular weight excluding hydrogens is 154 g/mol. The first-order chi connectivity index (χ1) is 5.77. The van der Waals surface area contributed by atoms with Crippen LogP contribution in [0.1, 0.15) is 32.1 Å². The standard InChI is InChI=1S/C8H19N3O/c9-8(10)11-6-4-2-1-3-5-7-12/h12H,1-7H2,(H4,9,10,11). The van der Waals surface area contributed by atoms with Gasteiger partial charge in [-0.3, -0.25) is 4.99 Å². The molecule has 0 saturated carbocycles. The lowest BCUT2D eigenvalue weighted by molar-refractivity contribution is 0.282. The maximum absolute atomic E-state index is 8.49. The van der Waals surface area contributed by atoms with Crippen molar-refractivity contribution in [1.82, 2.24) is 0 Å². The topological polar surface area (TPSA) is 84.6 Å². The molecule has 0 unspecified atom stereocenters. The number of hydrogen-bond acceptors (Lipinski definition) is 2. The van der Waals surface area contributed by atoms with Crippen molar-refractivity contribution in [2.75, 3.05) is 13.2 Å². The molecule has 0 aromatic heterocycles. The number of aliphatic imine (C=N–C) groups is 1. The van der Waals surface area contributed by atoms with Gasteiger partial charge >= 0.3 is 0 Å². The monoisotopic (exact) mass is 173 g/mol. The highest BCUT2D eigenvalue weighted by molar-refractivity contribution is 5.75. The summed E-state index contributed by atoms with van der Waals surface area (Å²) in [6.07, 6.45) is 5.32. The summed E-state index contributed by atoms with van der Waals surface area (Å²) in [6, 6.07) is 0. The van der Waals surface area contributed by atoms with Crippen molar-refractivity contribution in [2.24, 2.45) is 16.5 Å². The number of nitrogens with two attached hydrogens (primary N) is 2. The van der Waals surface area contributed by atoms with E-state index in [4.69, 9.17) is 16.6 Å². The molecule has 12 heavy (non-hydrogen) atoms. The lowest BCUT2D eigenvalue weighted by Gasteiger charge is -1.97. The van der Waals surface area contributed by atoms with Gasteiger partial charge in [-0.15, -0.1) is 0 Å². The van der Waals surface area contributed by atoms with E-state index in [-0.39, 0.29) is 5.96 Å². The summed E-state index contributed by atoms with van der Waals surface area (Å²) in [5, 5.41) is 8.49. The summed E-state index contributed by atoms with van der Waals surface area (Å²) < 4.78 is 0. The van der Waals surface area contributed by atoms with E-state index in [1.807, 2.05) is 0 Å². The van der Waals surface area contributed by atoms with Gasteiger partial charge in [0.1, 0.15) is 0 Å². The van der Waals surface area contributed by atoms with Gasteiger partial charge in [0.25, 0.3) is 0 Å². The molecular formula is C8H19N3O. The molecule has 0 atom stereocenters. The molecule has 0 fully saturated rings. The quantitative estimate of drug-likeness (QED) is 0.292. The van der Waals surface area contributed by atoms with Crippen molar-refractivity contribution in [1.29, 1.82) is 0 Å². The van der Waals surface area contributed by atoms with E-state index in [1.165, 1.54) is 0 Å². The number of guanidine groups is 1. The Morgan fingerprint density at radius 2 is 1.58 bits per heavy atom. The van der Waals surface area contributed by atoms with Gasteiger partial charge in [-0.05, 0) is 12.8 Å². The van der Waals surface area contributed by atoms with E-state index in [9.17, 15) is 0 Å². The van der Waals surface area contributed by atoms with Gasteiger partial charge < -0.3 is 16.6 Å². The summed E-state index contributed by atoms with van der Waals surface area (Å²) in [5.41, 5.74) is 10.3. The summed E-state index contributed by atoms with van der Waals surface area (Å²) in [4.78, 5) is 3.87. The molecule has 0 aliphatic heterocycles. The number of unbranched alkanes of at least 4 members (excludes halogenated alkanes) is 4. The predicted molar refractivity (Wildman–Crippen MR) is 50.8 cm³/mol. The van der Waals surface area contributed by atoms with Gasteiger partial charge in [-0.1, -0.05) is 19.3 Å². The van der Waals surface area contributed by atoms with Gasteiger partial charge in [0, 0.05) is 13.2 Å². The molecule has 4 nitrogen and oxygen atoms in total. The van der Waals surface area contributed by atoms with Crippen LogP contribution in [-0.4, -0.2) is 24.2 Å². The Balaban J connectivity index is 2.96. The molecule has 0 heterocycles. The third kappa shape index (κ3) is 9.23. The summed E-state index contributed by atoms with van der Waals surface area (Å²) in [6.45, 7) is 1.02. The van der Waals surface area contributed by atoms with Gasteiger partial charge in [0.15, 0.2) is 5.96 Å². The summed E-state index contributed by atoms with van der Waals surface area (Å²) in [7, 11) is 0. The average molecular weight is 173 g/mol. The van der Waals surface area contributed by atoms with Crippen LogP contribution in [0.2, 0.25) is 0 Å². The third-order valence-corrected chi connectivity index (χ3v) is 1.61. The van der Waals surface area contributed by atoms with Crippen molar-refractivity contribution in [3.63, 3.8) is 0 Å². The van der Waals surface area contributed by atoms with Gasteiger partial charge in [0.2, 0.25) is 0 Å². The van der Waals surface area contributed by atoms with Crippen LogP contribution in [-0.2, 0) is 0 Å². The first-order valence-electron chi connectivity index (χ1n) is 4.43. The molecule has 0 rings (SSSR count). The van der Waals surface area contributed by atoms with Crippen LogP contribution in [0, 0.1) is 0 Å². The van der Waals surface area contributed by atoms with Crippen LogP contribution >= 0.6 is 0 Å². The normalized spacial score (nSPS) is 9.75. The molecule has 0 aromatic carbocycles. The van der Waals surface area contributed by atoms with E-state index in [0.717, 1.165) is 38.6 Å². The van der Waals surface area contributed by atoms with Crippen molar-refractivity contribution in [3.05, 3.63) is 0 Å². The molecule has 4 heteroatoms. The molecule has 0 radical (unpaired) electrons. The zero-order chi connectivity index (χ0) is 9.23. The fourth-order valence-corrected chi connectivity index (χ4v) is 0.962. The van der Waals surface area contributed by atoms with Crippen LogP contribution in [0.5, 0.6) is 0 Å². The van der Waals surface area contributed by atoms with Crippen LogP contribution < -0.4 is 11.5 Å². The highest BCUT2D eigenvalue weighted by atomic mass is 16.2. The molecule has 0 amide bonds. The Morgan fingerprint density at radius 3 is 2.17 bits per heavy atom. The molecule has 0 saturated heterocycles. The number of aliphatic hydroxyl groups is 1. The Labute approximate surface area is 73.7 Å². The summed E-state index contributed by atoms with van der Waals surface area (Å²) in [5.74, 6) is 0.172. The largest absolute Gasteiger partial charge is 0.396 e. The highest BCUT2D eigenvalue weighted by Gasteiger charge is 1.89. The van der Waals surface area contributed by atoms with Gasteiger partial charge in [0.05, 0.1) is 0 Å². The fraction of sp³-hybridized carbons (Fsp3) is 0.875. The maximum Gasteiger partial charge on any atom is 0.185 e. The number of rotatable bonds is 7. The zero-order valence-electron chi connectivity index (χ0n) is 7.50. The second-order valence-electron chi connectivity index (χ2n) is 2.80. The number of aliphatic hydroxyl groups excluding tert-OH is 1. The molecule has 0 aliphatic rings. The Morgan fingerprint density at radius 1 is 1.00 bits per heavy atom. The van der Waals surface area contributed by atoms with Crippen LogP contribution in [0.3, 0.4) is 0 Å². The van der Waals surface area contributed by atoms with Gasteiger partial charge in [-0.2, -0.15) is 0 Å². The minimum atomic E-state index is 0.172. The highest BCUT2D eigenvalue weighted by Crippen LogP contribution is 2.01. The predicted octanol–water partition coefficient (Wildman–Crippen LogP) is 0.203. The Kier molecular flexibility index (Phi) is 7.79. The maximum atomic E-state index is 8.49. The minimum absolute atomic E-state index is 0.172. The smallest absolute Gasteiger partial charge is 0.185 e. The average Bonchev–Trinajstić information content (AvgIpc) is 2.02. The molecule has 0 spiro atoms. The molecule has 0 bridgehead atoms. The molecule has 72 valence electrons. The van der Waals surface area contributed by atoms with E-state index in [0.29, 0.717) is 6.61 Å². The number of hydrogen-bond donors (Lipinski definition) is 3. The molecule has 0 aliphatic carbocycles. The van der Waals surface area contributed by atoms with Crippen LogP contribution in [0.4, 0.5) is 0 Å². The van der Waals surface area contributed by atoms with Crippen LogP contribution in [0.25, 0.3) is 0 Å². The van der Waals surface area contributed by atoms with E-state index < -0.39 is 0 Å². The Bertz CT molecular complexity index is 121. The van der Waals surface area contributed by atoms with Crippen molar-refractivity contribution in [3.8, 4) is 0 Å². The second kappa shape index (κ2) is 8.33. The summed E-state index contributed by atoms with van der Waals surface area (Å²) >= 11 is 0. The molecule has 0 aromatic rings. The SMILES string of the molecule is NC(N)=NCCCCCCCO. The second-order valence-corrected chi connectivity index (χ2v) is 2.80. The van der Waals surface area contributed by atoms with E-state index in [2.05, 4.69) is 4.99 Å². The fourth-order valence-electron chi connectivity index (χ4n) is 0.962. The molecule has 5 N–H and O–H groups in total. The first-order valence-corrected chi connectivity index (χ1v) is 4.43. The number of nitrogens with zero attached hydrogens (tertiary/aromatic N) is 1.